The maximum absolute atomic E-state index is 5.24. The topological polar surface area (TPSA) is 12.0 Å². The van der Waals surface area contributed by atoms with E-state index in [4.69, 9.17) is 6.42 Å². The Bertz CT molecular complexity index is 204. The number of hydrogen-bond acceptors (Lipinski definition) is 1. The van der Waals surface area contributed by atoms with Crippen LogP contribution >= 0.6 is 0 Å². The Morgan fingerprint density at radius 1 is 1.25 bits per heavy atom. The highest BCUT2D eigenvalue weighted by Gasteiger charge is 2.25. The van der Waals surface area contributed by atoms with Crippen molar-refractivity contribution in [1.82, 2.24) is 5.32 Å². The molecule has 2 unspecified atom stereocenters. The number of unbranched alkanes of at least 4 members (excludes halogenated alkanes) is 3. The molecule has 0 amide bonds. The third-order valence-corrected chi connectivity index (χ3v) is 3.74. The molecule has 2 atom stereocenters. The first-order valence-corrected chi connectivity index (χ1v) is 7.05. The van der Waals surface area contributed by atoms with Crippen molar-refractivity contribution < 1.29 is 0 Å². The van der Waals surface area contributed by atoms with E-state index in [0.717, 1.165) is 24.9 Å². The molecule has 1 aliphatic carbocycles. The second kappa shape index (κ2) is 8.65. The average Bonchev–Trinajstić information content (AvgIpc) is 2.74. The van der Waals surface area contributed by atoms with Gasteiger partial charge < -0.3 is 5.32 Å². The molecule has 92 valence electrons. The maximum Gasteiger partial charge on any atom is 0.00953 e. The number of nitrogens with one attached hydrogen (secondary N) is 1. The van der Waals surface area contributed by atoms with Gasteiger partial charge in [-0.1, -0.05) is 26.2 Å². The first kappa shape index (κ1) is 13.6. The van der Waals surface area contributed by atoms with Gasteiger partial charge in [0.2, 0.25) is 0 Å². The molecule has 1 aliphatic rings. The molecule has 0 radical (unpaired) electrons. The molecule has 16 heavy (non-hydrogen) atoms. The monoisotopic (exact) mass is 221 g/mol. The summed E-state index contributed by atoms with van der Waals surface area (Å²) in [7, 11) is 0. The van der Waals surface area contributed by atoms with Crippen LogP contribution in [0.5, 0.6) is 0 Å². The summed E-state index contributed by atoms with van der Waals surface area (Å²) in [5.74, 6) is 3.66. The Morgan fingerprint density at radius 3 is 2.88 bits per heavy atom. The Kier molecular flexibility index (Phi) is 7.34. The second-order valence-electron chi connectivity index (χ2n) is 5.06. The Balaban J connectivity index is 2.08. The van der Waals surface area contributed by atoms with Crippen LogP contribution in [0.4, 0.5) is 0 Å². The van der Waals surface area contributed by atoms with Gasteiger partial charge in [-0.2, -0.15) is 0 Å². The van der Waals surface area contributed by atoms with Gasteiger partial charge in [-0.25, -0.2) is 0 Å². The lowest BCUT2D eigenvalue weighted by atomic mass is 9.97. The van der Waals surface area contributed by atoms with Gasteiger partial charge in [0, 0.05) is 12.5 Å². The van der Waals surface area contributed by atoms with Crippen LogP contribution < -0.4 is 5.32 Å². The molecule has 1 saturated carbocycles. The third-order valence-electron chi connectivity index (χ3n) is 3.74. The Morgan fingerprint density at radius 2 is 2.12 bits per heavy atom. The average molecular weight is 221 g/mol. The Labute approximate surface area is 101 Å². The minimum Gasteiger partial charge on any atom is -0.314 e. The van der Waals surface area contributed by atoms with Gasteiger partial charge in [-0.3, -0.25) is 0 Å². The highest BCUT2D eigenvalue weighted by Crippen LogP contribution is 2.29. The largest absolute Gasteiger partial charge is 0.314 e. The summed E-state index contributed by atoms with van der Waals surface area (Å²) in [4.78, 5) is 0. The zero-order chi connectivity index (χ0) is 11.6. The molecule has 1 nitrogen and oxygen atoms in total. The molecule has 0 aromatic carbocycles. The molecular weight excluding hydrogens is 194 g/mol. The first-order valence-electron chi connectivity index (χ1n) is 7.05. The van der Waals surface area contributed by atoms with E-state index in [1.807, 2.05) is 0 Å². The summed E-state index contributed by atoms with van der Waals surface area (Å²) in [5, 5.41) is 3.73. The molecular formula is C15H27N. The van der Waals surface area contributed by atoms with E-state index < -0.39 is 0 Å². The van der Waals surface area contributed by atoms with Crippen molar-refractivity contribution in [3.05, 3.63) is 0 Å². The molecule has 1 N–H and O–H groups in total. The van der Waals surface area contributed by atoms with Crippen LogP contribution in [0.2, 0.25) is 0 Å². The van der Waals surface area contributed by atoms with Crippen molar-refractivity contribution in [3.8, 4) is 12.3 Å². The van der Waals surface area contributed by atoms with Gasteiger partial charge in [-0.15, -0.1) is 12.3 Å². The fraction of sp³-hybridized carbons (Fsp3) is 0.867. The highest BCUT2D eigenvalue weighted by atomic mass is 14.9. The fourth-order valence-electron chi connectivity index (χ4n) is 2.76. The van der Waals surface area contributed by atoms with Gasteiger partial charge in [0.1, 0.15) is 0 Å². The summed E-state index contributed by atoms with van der Waals surface area (Å²) in [6.07, 6.45) is 17.0. The van der Waals surface area contributed by atoms with Crippen LogP contribution in [-0.4, -0.2) is 12.6 Å². The van der Waals surface area contributed by atoms with Gasteiger partial charge in [0.25, 0.3) is 0 Å². The maximum atomic E-state index is 5.24. The molecule has 1 heteroatoms. The van der Waals surface area contributed by atoms with Gasteiger partial charge in [0.15, 0.2) is 0 Å². The van der Waals surface area contributed by atoms with Crippen LogP contribution in [0.1, 0.15) is 64.7 Å². The number of hydrogen-bond donors (Lipinski definition) is 1. The minimum absolute atomic E-state index is 0.803. The van der Waals surface area contributed by atoms with Gasteiger partial charge >= 0.3 is 0 Å². The SMILES string of the molecule is C#CCCCCNC1CCCC1CCCC. The summed E-state index contributed by atoms with van der Waals surface area (Å²) >= 11 is 0. The van der Waals surface area contributed by atoms with E-state index >= 15 is 0 Å². The molecule has 1 rings (SSSR count). The van der Waals surface area contributed by atoms with E-state index in [2.05, 4.69) is 18.2 Å². The van der Waals surface area contributed by atoms with Crippen molar-refractivity contribution in [1.29, 1.82) is 0 Å². The van der Waals surface area contributed by atoms with E-state index in [1.54, 1.807) is 0 Å². The predicted octanol–water partition coefficient (Wildman–Crippen LogP) is 3.74. The Hall–Kier alpha value is -0.480. The molecule has 0 aromatic heterocycles. The molecule has 0 spiro atoms. The second-order valence-corrected chi connectivity index (χ2v) is 5.06. The predicted molar refractivity (Wildman–Crippen MR) is 71.3 cm³/mol. The molecule has 1 fully saturated rings. The van der Waals surface area contributed by atoms with Crippen molar-refractivity contribution in [3.63, 3.8) is 0 Å². The molecule has 0 heterocycles. The molecule has 0 bridgehead atoms. The van der Waals surface area contributed by atoms with Crippen LogP contribution in [-0.2, 0) is 0 Å². The van der Waals surface area contributed by atoms with Crippen molar-refractivity contribution in [2.24, 2.45) is 5.92 Å². The van der Waals surface area contributed by atoms with Crippen LogP contribution in [0.3, 0.4) is 0 Å². The summed E-state index contributed by atoms with van der Waals surface area (Å²) in [5.41, 5.74) is 0. The quantitative estimate of drug-likeness (QED) is 0.486. The zero-order valence-electron chi connectivity index (χ0n) is 10.8. The smallest absolute Gasteiger partial charge is 0.00953 e. The van der Waals surface area contributed by atoms with Crippen LogP contribution in [0.15, 0.2) is 0 Å². The van der Waals surface area contributed by atoms with Crippen LogP contribution in [0.25, 0.3) is 0 Å². The lowest BCUT2D eigenvalue weighted by molar-refractivity contribution is 0.367. The van der Waals surface area contributed by atoms with E-state index in [0.29, 0.717) is 0 Å². The fourth-order valence-corrected chi connectivity index (χ4v) is 2.76. The van der Waals surface area contributed by atoms with Crippen LogP contribution in [0, 0.1) is 18.3 Å². The normalized spacial score (nSPS) is 24.5. The lowest BCUT2D eigenvalue weighted by Crippen LogP contribution is -2.33. The number of rotatable bonds is 8. The summed E-state index contributed by atoms with van der Waals surface area (Å²) in [6, 6.07) is 0.803. The van der Waals surface area contributed by atoms with Gasteiger partial charge in [0.05, 0.1) is 0 Å². The van der Waals surface area contributed by atoms with Crippen molar-refractivity contribution in [2.75, 3.05) is 6.54 Å². The van der Waals surface area contributed by atoms with Crippen molar-refractivity contribution >= 4 is 0 Å². The third kappa shape index (κ3) is 5.03. The van der Waals surface area contributed by atoms with E-state index in [9.17, 15) is 0 Å². The lowest BCUT2D eigenvalue weighted by Gasteiger charge is -2.20. The minimum atomic E-state index is 0.803. The summed E-state index contributed by atoms with van der Waals surface area (Å²) < 4.78 is 0. The highest BCUT2D eigenvalue weighted by molar-refractivity contribution is 4.84. The zero-order valence-corrected chi connectivity index (χ0v) is 10.8. The molecule has 0 aliphatic heterocycles. The molecule has 0 aromatic rings. The van der Waals surface area contributed by atoms with E-state index in [1.165, 1.54) is 51.4 Å². The standard InChI is InChI=1S/C15H27N/c1-3-5-7-8-13-16-15-12-9-11-14(15)10-6-4-2/h1,14-16H,4-13H2,2H3. The summed E-state index contributed by atoms with van der Waals surface area (Å²) in [6.45, 7) is 3.45. The van der Waals surface area contributed by atoms with E-state index in [-0.39, 0.29) is 0 Å². The van der Waals surface area contributed by atoms with Crippen molar-refractivity contribution in [2.45, 2.75) is 70.8 Å². The van der Waals surface area contributed by atoms with Gasteiger partial charge in [-0.05, 0) is 44.6 Å². The molecule has 0 saturated heterocycles. The first-order chi connectivity index (χ1) is 7.88. The number of terminal acetylenes is 1.